The molecule has 6 rings (SSSR count). The molecule has 2 amide bonds. The lowest BCUT2D eigenvalue weighted by molar-refractivity contribution is -0.137. The van der Waals surface area contributed by atoms with E-state index in [9.17, 15) is 27.6 Å². The molecule has 0 radical (unpaired) electrons. The number of halogens is 3. The average Bonchev–Trinajstić information content (AvgIpc) is 3.54. The largest absolute Gasteiger partial charge is 0.462 e. The van der Waals surface area contributed by atoms with Gasteiger partial charge in [-0.2, -0.15) is 13.2 Å². The number of hydrogen-bond donors (Lipinski definition) is 0. The molecule has 0 saturated carbocycles. The maximum atomic E-state index is 13.5. The third-order valence-corrected chi connectivity index (χ3v) is 8.89. The Morgan fingerprint density at radius 3 is 2.39 bits per heavy atom. The van der Waals surface area contributed by atoms with Gasteiger partial charge in [0, 0.05) is 37.0 Å². The molecule has 1 aliphatic heterocycles. The van der Waals surface area contributed by atoms with Gasteiger partial charge in [-0.25, -0.2) is 4.98 Å². The van der Waals surface area contributed by atoms with Crippen LogP contribution in [0.1, 0.15) is 50.2 Å². The fourth-order valence-corrected chi connectivity index (χ4v) is 6.38. The summed E-state index contributed by atoms with van der Waals surface area (Å²) >= 11 is 1.37. The number of thiazole rings is 1. The van der Waals surface area contributed by atoms with Gasteiger partial charge in [0.05, 0.1) is 16.0 Å². The molecule has 1 fully saturated rings. The van der Waals surface area contributed by atoms with Gasteiger partial charge in [-0.3, -0.25) is 14.4 Å². The molecule has 0 unspecified atom stereocenters. The van der Waals surface area contributed by atoms with Crippen molar-refractivity contribution in [2.45, 2.75) is 24.9 Å². The maximum absolute atomic E-state index is 13.5. The molecule has 0 atom stereocenters. The van der Waals surface area contributed by atoms with Gasteiger partial charge in [-0.1, -0.05) is 42.5 Å². The maximum Gasteiger partial charge on any atom is 0.416 e. The van der Waals surface area contributed by atoms with Gasteiger partial charge >= 0.3 is 6.18 Å². The van der Waals surface area contributed by atoms with E-state index in [2.05, 4.69) is 4.98 Å². The molecule has 44 heavy (non-hydrogen) atoms. The summed E-state index contributed by atoms with van der Waals surface area (Å²) in [5.41, 5.74) is 1.25. The first kappa shape index (κ1) is 29.3. The number of amides is 2. The molecule has 0 N–H and O–H groups in total. The number of fused-ring (bicyclic) bond motifs is 1. The lowest BCUT2D eigenvalue weighted by Gasteiger charge is -2.31. The van der Waals surface area contributed by atoms with Crippen LogP contribution in [-0.2, 0) is 6.18 Å². The Labute approximate surface area is 254 Å². The van der Waals surface area contributed by atoms with Gasteiger partial charge in [0.2, 0.25) is 5.43 Å². The van der Waals surface area contributed by atoms with Gasteiger partial charge in [0.25, 0.3) is 11.8 Å². The van der Waals surface area contributed by atoms with Crippen LogP contribution >= 0.6 is 11.3 Å². The minimum atomic E-state index is -4.44. The minimum absolute atomic E-state index is 0.0480. The average molecular weight is 618 g/mol. The third-order valence-electron chi connectivity index (χ3n) is 7.88. The smallest absolute Gasteiger partial charge is 0.416 e. The molecular formula is C33H26F3N3O4S. The van der Waals surface area contributed by atoms with Crippen molar-refractivity contribution in [3.63, 3.8) is 0 Å². The zero-order valence-corrected chi connectivity index (χ0v) is 24.3. The number of benzene rings is 3. The molecule has 7 nitrogen and oxygen atoms in total. The zero-order valence-electron chi connectivity index (χ0n) is 23.5. The lowest BCUT2D eigenvalue weighted by atomic mass is 9.94. The number of piperidine rings is 1. The second-order valence-corrected chi connectivity index (χ2v) is 11.5. The number of carbonyl (C=O) groups excluding carboxylic acids is 2. The van der Waals surface area contributed by atoms with Crippen LogP contribution in [0, 0.1) is 0 Å². The van der Waals surface area contributed by atoms with Crippen LogP contribution in [0.4, 0.5) is 18.9 Å². The van der Waals surface area contributed by atoms with Gasteiger partial charge in [0.1, 0.15) is 23.2 Å². The standard InChI is InChI=1S/C33H26F3N3O4S/c1-38(27-18-43-28-9-5-4-8-25(28)29(27)40)32(42)26-19-44-30(37-26)21-14-16-39(17-15-21)31(41)24-7-3-2-6-23(24)20-10-12-22(13-11-20)33(34,35)36/h2-13,18-19,21H,14-17H2,1H3. The van der Waals surface area contributed by atoms with E-state index in [-0.39, 0.29) is 28.6 Å². The third kappa shape index (κ3) is 5.62. The van der Waals surface area contributed by atoms with Crippen molar-refractivity contribution in [1.82, 2.24) is 9.88 Å². The SMILES string of the molecule is CN(C(=O)c1csc(C2CCN(C(=O)c3ccccc3-c3ccc(C(F)(F)F)cc3)CC2)n1)c1coc2ccccc2c1=O. The molecule has 0 bridgehead atoms. The number of alkyl halides is 3. The first-order valence-corrected chi connectivity index (χ1v) is 14.8. The molecule has 0 aliphatic carbocycles. The summed E-state index contributed by atoms with van der Waals surface area (Å²) in [6.45, 7) is 0.928. The fraction of sp³-hybridized carbons (Fsp3) is 0.212. The van der Waals surface area contributed by atoms with E-state index < -0.39 is 17.6 Å². The Morgan fingerprint density at radius 1 is 0.977 bits per heavy atom. The highest BCUT2D eigenvalue weighted by molar-refractivity contribution is 7.10. The number of para-hydroxylation sites is 1. The first-order chi connectivity index (χ1) is 21.1. The summed E-state index contributed by atoms with van der Waals surface area (Å²) < 4.78 is 44.7. The van der Waals surface area contributed by atoms with Gasteiger partial charge in [-0.05, 0) is 54.3 Å². The molecule has 3 heterocycles. The van der Waals surface area contributed by atoms with E-state index >= 15 is 0 Å². The highest BCUT2D eigenvalue weighted by atomic mass is 32.1. The molecule has 1 saturated heterocycles. The monoisotopic (exact) mass is 617 g/mol. The summed E-state index contributed by atoms with van der Waals surface area (Å²) in [6, 6.07) is 18.5. The van der Waals surface area contributed by atoms with E-state index in [1.807, 2.05) is 0 Å². The second-order valence-electron chi connectivity index (χ2n) is 10.6. The van der Waals surface area contributed by atoms with Crippen molar-refractivity contribution >= 4 is 39.8 Å². The van der Waals surface area contributed by atoms with Crippen LogP contribution < -0.4 is 10.3 Å². The molecule has 0 spiro atoms. The highest BCUT2D eigenvalue weighted by Gasteiger charge is 2.31. The molecular weight excluding hydrogens is 591 g/mol. The number of anilines is 1. The Balaban J connectivity index is 1.13. The number of nitrogens with zero attached hydrogens (tertiary/aromatic N) is 3. The number of likely N-dealkylation sites (tertiary alicyclic amines) is 1. The summed E-state index contributed by atoms with van der Waals surface area (Å²) in [6.07, 6.45) is -1.88. The van der Waals surface area contributed by atoms with Crippen LogP contribution in [0.3, 0.4) is 0 Å². The van der Waals surface area contributed by atoms with Crippen molar-refractivity contribution in [2.24, 2.45) is 0 Å². The van der Waals surface area contributed by atoms with Crippen molar-refractivity contribution in [1.29, 1.82) is 0 Å². The molecule has 2 aromatic heterocycles. The molecule has 3 aromatic carbocycles. The zero-order chi connectivity index (χ0) is 31.0. The Hall–Kier alpha value is -4.77. The van der Waals surface area contributed by atoms with Crippen LogP contribution in [0.5, 0.6) is 0 Å². The Bertz CT molecular complexity index is 1910. The van der Waals surface area contributed by atoms with E-state index in [4.69, 9.17) is 4.42 Å². The van der Waals surface area contributed by atoms with Gasteiger partial charge in [-0.15, -0.1) is 11.3 Å². The number of hydrogen-bond acceptors (Lipinski definition) is 6. The van der Waals surface area contributed by atoms with E-state index in [1.165, 1.54) is 41.7 Å². The van der Waals surface area contributed by atoms with E-state index in [0.717, 1.165) is 17.1 Å². The Morgan fingerprint density at radius 2 is 1.66 bits per heavy atom. The van der Waals surface area contributed by atoms with E-state index in [0.29, 0.717) is 53.6 Å². The fourth-order valence-electron chi connectivity index (χ4n) is 5.41. The molecule has 1 aliphatic rings. The number of aromatic nitrogens is 1. The summed E-state index contributed by atoms with van der Waals surface area (Å²) in [5.74, 6) is -0.570. The van der Waals surface area contributed by atoms with Crippen LogP contribution in [-0.4, -0.2) is 41.8 Å². The van der Waals surface area contributed by atoms with Crippen LogP contribution in [0.25, 0.3) is 22.1 Å². The highest BCUT2D eigenvalue weighted by Crippen LogP contribution is 2.34. The first-order valence-electron chi connectivity index (χ1n) is 13.9. The lowest BCUT2D eigenvalue weighted by Crippen LogP contribution is -2.38. The second kappa shape index (κ2) is 11.7. The van der Waals surface area contributed by atoms with Crippen LogP contribution in [0.2, 0.25) is 0 Å². The molecule has 5 aromatic rings. The summed E-state index contributed by atoms with van der Waals surface area (Å²) in [5, 5.41) is 2.84. The molecule has 11 heteroatoms. The predicted molar refractivity (Wildman–Crippen MR) is 162 cm³/mol. The topological polar surface area (TPSA) is 83.7 Å². The van der Waals surface area contributed by atoms with Crippen molar-refractivity contribution in [3.8, 4) is 11.1 Å². The summed E-state index contributed by atoms with van der Waals surface area (Å²) in [7, 11) is 1.51. The van der Waals surface area contributed by atoms with E-state index in [1.54, 1.807) is 58.8 Å². The van der Waals surface area contributed by atoms with Crippen LogP contribution in [0.15, 0.2) is 93.7 Å². The van der Waals surface area contributed by atoms with Crippen molar-refractivity contribution in [2.75, 3.05) is 25.0 Å². The normalized spacial score (nSPS) is 14.1. The number of rotatable bonds is 5. The predicted octanol–water partition coefficient (Wildman–Crippen LogP) is 7.23. The van der Waals surface area contributed by atoms with Gasteiger partial charge < -0.3 is 14.2 Å². The van der Waals surface area contributed by atoms with Gasteiger partial charge in [0.15, 0.2) is 0 Å². The molecule has 224 valence electrons. The van der Waals surface area contributed by atoms with Crippen molar-refractivity contribution in [3.05, 3.63) is 116 Å². The minimum Gasteiger partial charge on any atom is -0.462 e. The Kier molecular flexibility index (Phi) is 7.81. The van der Waals surface area contributed by atoms with Crippen molar-refractivity contribution < 1.29 is 27.2 Å². The quantitative estimate of drug-likeness (QED) is 0.208. The number of carbonyl (C=O) groups is 2. The summed E-state index contributed by atoms with van der Waals surface area (Å²) in [4.78, 5) is 47.3.